The molecule has 112 valence electrons. The van der Waals surface area contributed by atoms with Crippen LogP contribution in [0.5, 0.6) is 0 Å². The first-order valence-corrected chi connectivity index (χ1v) is 7.70. The Kier molecular flexibility index (Phi) is 6.48. The van der Waals surface area contributed by atoms with Crippen molar-refractivity contribution in [2.45, 2.75) is 72.5 Å². The minimum absolute atomic E-state index is 0.182. The topological polar surface area (TPSA) is 29.5 Å². The number of nitrogens with zero attached hydrogens (tertiary/aromatic N) is 1. The quantitative estimate of drug-likeness (QED) is 0.741. The molecule has 0 unspecified atom stereocenters. The Morgan fingerprint density at radius 1 is 1.26 bits per heavy atom. The molecule has 0 N–H and O–H groups in total. The maximum Gasteiger partial charge on any atom is 0.138 e. The van der Waals surface area contributed by atoms with Gasteiger partial charge in [0.25, 0.3) is 0 Å². The van der Waals surface area contributed by atoms with Crippen LogP contribution in [0.4, 0.5) is 0 Å². The molecule has 0 spiro atoms. The van der Waals surface area contributed by atoms with Gasteiger partial charge in [-0.25, -0.2) is 0 Å². The molecule has 1 aliphatic rings. The zero-order chi connectivity index (χ0) is 14.5. The molecule has 0 bridgehead atoms. The second-order valence-electron chi connectivity index (χ2n) is 7.00. The Morgan fingerprint density at radius 2 is 1.84 bits per heavy atom. The number of ether oxygens (including phenoxy) is 1. The number of piperidine rings is 1. The van der Waals surface area contributed by atoms with Crippen LogP contribution >= 0.6 is 0 Å². The molecule has 0 atom stereocenters. The Balaban J connectivity index is 2.15. The van der Waals surface area contributed by atoms with Crippen molar-refractivity contribution in [3.63, 3.8) is 0 Å². The molecule has 0 amide bonds. The van der Waals surface area contributed by atoms with Gasteiger partial charge in [-0.05, 0) is 39.7 Å². The molecule has 1 rings (SSSR count). The van der Waals surface area contributed by atoms with Crippen molar-refractivity contribution < 1.29 is 9.53 Å². The third-order valence-corrected chi connectivity index (χ3v) is 3.71. The molecular weight excluding hydrogens is 238 g/mol. The Labute approximate surface area is 118 Å². The minimum atomic E-state index is -0.182. The highest BCUT2D eigenvalue weighted by Crippen LogP contribution is 2.19. The first-order chi connectivity index (χ1) is 8.79. The summed E-state index contributed by atoms with van der Waals surface area (Å²) in [6.45, 7) is 13.5. The molecule has 1 saturated heterocycles. The number of carbonyl (C=O) groups excluding carboxylic acids is 1. The summed E-state index contributed by atoms with van der Waals surface area (Å²) in [7, 11) is 0. The van der Waals surface area contributed by atoms with Crippen molar-refractivity contribution in [1.82, 2.24) is 4.90 Å². The summed E-state index contributed by atoms with van der Waals surface area (Å²) in [4.78, 5) is 14.3. The molecule has 1 heterocycles. The fourth-order valence-electron chi connectivity index (χ4n) is 2.49. The lowest BCUT2D eigenvalue weighted by atomic mass is 9.88. The van der Waals surface area contributed by atoms with Gasteiger partial charge in [-0.3, -0.25) is 4.79 Å². The van der Waals surface area contributed by atoms with Crippen molar-refractivity contribution in [3.8, 4) is 0 Å². The average molecular weight is 269 g/mol. The summed E-state index contributed by atoms with van der Waals surface area (Å²) in [6.07, 6.45) is 4.74. The minimum Gasteiger partial charge on any atom is -0.375 e. The molecule has 3 heteroatoms. The fourth-order valence-corrected chi connectivity index (χ4v) is 2.49. The molecule has 0 aromatic rings. The van der Waals surface area contributed by atoms with Crippen molar-refractivity contribution >= 4 is 5.78 Å². The molecular formula is C16H31NO2. The molecule has 0 aromatic heterocycles. The SMILES string of the molecule is CC(C)OC1CCN(CCCC(=O)C(C)(C)C)CC1. The van der Waals surface area contributed by atoms with Gasteiger partial charge in [-0.15, -0.1) is 0 Å². The predicted molar refractivity (Wildman–Crippen MR) is 79.4 cm³/mol. The van der Waals surface area contributed by atoms with Crippen LogP contribution in [0.2, 0.25) is 0 Å². The van der Waals surface area contributed by atoms with Crippen LogP contribution < -0.4 is 0 Å². The summed E-state index contributed by atoms with van der Waals surface area (Å²) in [5.74, 6) is 0.380. The van der Waals surface area contributed by atoms with Crippen LogP contribution in [0.15, 0.2) is 0 Å². The van der Waals surface area contributed by atoms with Gasteiger partial charge in [0.2, 0.25) is 0 Å². The van der Waals surface area contributed by atoms with Crippen LogP contribution in [0, 0.1) is 5.41 Å². The summed E-state index contributed by atoms with van der Waals surface area (Å²) < 4.78 is 5.85. The Morgan fingerprint density at radius 3 is 2.32 bits per heavy atom. The Hall–Kier alpha value is -0.410. The van der Waals surface area contributed by atoms with Crippen molar-refractivity contribution in [2.24, 2.45) is 5.41 Å². The maximum atomic E-state index is 11.8. The van der Waals surface area contributed by atoms with E-state index in [1.807, 2.05) is 20.8 Å². The summed E-state index contributed by atoms with van der Waals surface area (Å²) >= 11 is 0. The zero-order valence-corrected chi connectivity index (χ0v) is 13.4. The molecule has 0 aliphatic carbocycles. The Bertz CT molecular complexity index is 273. The van der Waals surface area contributed by atoms with E-state index in [1.165, 1.54) is 0 Å². The number of rotatable bonds is 6. The lowest BCUT2D eigenvalue weighted by molar-refractivity contribution is -0.126. The van der Waals surface area contributed by atoms with E-state index < -0.39 is 0 Å². The van der Waals surface area contributed by atoms with Gasteiger partial charge in [0.15, 0.2) is 0 Å². The van der Waals surface area contributed by atoms with E-state index in [2.05, 4.69) is 18.7 Å². The van der Waals surface area contributed by atoms with Crippen molar-refractivity contribution in [3.05, 3.63) is 0 Å². The van der Waals surface area contributed by atoms with Crippen molar-refractivity contribution in [2.75, 3.05) is 19.6 Å². The van der Waals surface area contributed by atoms with E-state index >= 15 is 0 Å². The van der Waals surface area contributed by atoms with Crippen LogP contribution in [0.1, 0.15) is 60.3 Å². The third-order valence-electron chi connectivity index (χ3n) is 3.71. The summed E-state index contributed by atoms with van der Waals surface area (Å²) in [5, 5.41) is 0. The first-order valence-electron chi connectivity index (χ1n) is 7.70. The second kappa shape index (κ2) is 7.39. The number of Topliss-reactive ketones (excluding diaryl/α,β-unsaturated/α-hetero) is 1. The van der Waals surface area contributed by atoms with Crippen LogP contribution in [0.25, 0.3) is 0 Å². The number of carbonyl (C=O) groups is 1. The molecule has 3 nitrogen and oxygen atoms in total. The average Bonchev–Trinajstić information content (AvgIpc) is 2.29. The zero-order valence-electron chi connectivity index (χ0n) is 13.4. The van der Waals surface area contributed by atoms with Gasteiger partial charge in [0.1, 0.15) is 5.78 Å². The van der Waals surface area contributed by atoms with Crippen LogP contribution in [-0.4, -0.2) is 42.5 Å². The lowest BCUT2D eigenvalue weighted by Gasteiger charge is -2.32. The smallest absolute Gasteiger partial charge is 0.138 e. The van der Waals surface area contributed by atoms with Crippen LogP contribution in [-0.2, 0) is 9.53 Å². The summed E-state index contributed by atoms with van der Waals surface area (Å²) in [6, 6.07) is 0. The number of hydrogen-bond donors (Lipinski definition) is 0. The number of hydrogen-bond acceptors (Lipinski definition) is 3. The van der Waals surface area contributed by atoms with Crippen molar-refractivity contribution in [1.29, 1.82) is 0 Å². The molecule has 19 heavy (non-hydrogen) atoms. The third kappa shape index (κ3) is 6.53. The molecule has 1 aliphatic heterocycles. The second-order valence-corrected chi connectivity index (χ2v) is 7.00. The number of ketones is 1. The fraction of sp³-hybridized carbons (Fsp3) is 0.938. The van der Waals surface area contributed by atoms with Gasteiger partial charge in [0, 0.05) is 24.9 Å². The predicted octanol–water partition coefficient (Wildman–Crippen LogP) is 3.27. The molecule has 0 aromatic carbocycles. The maximum absolute atomic E-state index is 11.8. The lowest BCUT2D eigenvalue weighted by Crippen LogP contribution is -2.38. The standard InChI is InChI=1S/C16H31NO2/c1-13(2)19-14-8-11-17(12-9-14)10-6-7-15(18)16(3,4)5/h13-14H,6-12H2,1-5H3. The molecule has 0 saturated carbocycles. The van der Waals surface area contributed by atoms with E-state index in [0.29, 0.717) is 24.4 Å². The van der Waals surface area contributed by atoms with E-state index in [1.54, 1.807) is 0 Å². The van der Waals surface area contributed by atoms with Crippen LogP contribution in [0.3, 0.4) is 0 Å². The molecule has 1 fully saturated rings. The van der Waals surface area contributed by atoms with Gasteiger partial charge >= 0.3 is 0 Å². The monoisotopic (exact) mass is 269 g/mol. The summed E-state index contributed by atoms with van der Waals surface area (Å²) in [5.41, 5.74) is -0.182. The van der Waals surface area contributed by atoms with Gasteiger partial charge in [0.05, 0.1) is 12.2 Å². The van der Waals surface area contributed by atoms with Gasteiger partial charge in [-0.2, -0.15) is 0 Å². The van der Waals surface area contributed by atoms with Gasteiger partial charge in [-0.1, -0.05) is 20.8 Å². The normalized spacial score (nSPS) is 19.1. The van der Waals surface area contributed by atoms with E-state index in [-0.39, 0.29) is 5.41 Å². The highest BCUT2D eigenvalue weighted by molar-refractivity contribution is 5.83. The van der Waals surface area contributed by atoms with E-state index in [4.69, 9.17) is 4.74 Å². The highest BCUT2D eigenvalue weighted by Gasteiger charge is 2.22. The first kappa shape index (κ1) is 16.6. The molecule has 0 radical (unpaired) electrons. The van der Waals surface area contributed by atoms with E-state index in [0.717, 1.165) is 38.9 Å². The van der Waals surface area contributed by atoms with E-state index in [9.17, 15) is 4.79 Å². The highest BCUT2D eigenvalue weighted by atomic mass is 16.5. The largest absolute Gasteiger partial charge is 0.375 e. The number of likely N-dealkylation sites (tertiary alicyclic amines) is 1. The van der Waals surface area contributed by atoms with Gasteiger partial charge < -0.3 is 9.64 Å².